The van der Waals surface area contributed by atoms with E-state index in [0.717, 1.165) is 55.4 Å². The van der Waals surface area contributed by atoms with Crippen LogP contribution in [-0.4, -0.2) is 75.7 Å². The summed E-state index contributed by atoms with van der Waals surface area (Å²) in [5.74, 6) is 0.921. The third-order valence-electron chi connectivity index (χ3n) is 6.80. The highest BCUT2D eigenvalue weighted by Crippen LogP contribution is 2.29. The maximum Gasteiger partial charge on any atom is 0.342 e. The lowest BCUT2D eigenvalue weighted by Gasteiger charge is -2.34. The smallest absolute Gasteiger partial charge is 0.342 e. The summed E-state index contributed by atoms with van der Waals surface area (Å²) < 4.78 is 12.4. The van der Waals surface area contributed by atoms with E-state index >= 15 is 0 Å². The first-order valence-electron chi connectivity index (χ1n) is 13.1. The average molecular weight is 528 g/mol. The predicted octanol–water partition coefficient (Wildman–Crippen LogP) is 3.85. The minimum absolute atomic E-state index is 0.281. The fourth-order valence-corrected chi connectivity index (χ4v) is 4.63. The predicted molar refractivity (Wildman–Crippen MR) is 148 cm³/mol. The molecule has 5 rings (SSSR count). The van der Waals surface area contributed by atoms with E-state index in [1.165, 1.54) is 5.56 Å². The molecule has 1 fully saturated rings. The Labute approximate surface area is 228 Å². The van der Waals surface area contributed by atoms with Crippen LogP contribution in [0.25, 0.3) is 16.9 Å². The van der Waals surface area contributed by atoms with Gasteiger partial charge >= 0.3 is 5.97 Å². The number of carbonyl (C=O) groups is 1. The highest BCUT2D eigenvalue weighted by molar-refractivity contribution is 5.97. The number of rotatable bonds is 8. The van der Waals surface area contributed by atoms with Gasteiger partial charge in [0.1, 0.15) is 11.3 Å². The zero-order chi connectivity index (χ0) is 27.4. The molecule has 10 nitrogen and oxygen atoms in total. The van der Waals surface area contributed by atoms with Crippen LogP contribution in [0.15, 0.2) is 54.7 Å². The first kappa shape index (κ1) is 26.3. The Morgan fingerprint density at radius 3 is 2.33 bits per heavy atom. The summed E-state index contributed by atoms with van der Waals surface area (Å²) in [7, 11) is 1.62. The number of carbonyl (C=O) groups excluding carboxylic acids is 1. The topological polar surface area (TPSA) is 98.5 Å². The van der Waals surface area contributed by atoms with Crippen molar-refractivity contribution in [1.82, 2.24) is 29.9 Å². The van der Waals surface area contributed by atoms with E-state index in [4.69, 9.17) is 19.4 Å². The highest BCUT2D eigenvalue weighted by atomic mass is 16.5. The van der Waals surface area contributed by atoms with Crippen LogP contribution in [0, 0.1) is 13.8 Å². The molecule has 202 valence electrons. The van der Waals surface area contributed by atoms with E-state index in [9.17, 15) is 4.79 Å². The molecule has 0 unspecified atom stereocenters. The number of benzene rings is 2. The molecule has 1 aliphatic heterocycles. The van der Waals surface area contributed by atoms with Crippen LogP contribution in [0.3, 0.4) is 0 Å². The van der Waals surface area contributed by atoms with Gasteiger partial charge in [-0.15, -0.1) is 5.10 Å². The molecule has 1 aliphatic rings. The molecule has 0 N–H and O–H groups in total. The van der Waals surface area contributed by atoms with Crippen molar-refractivity contribution >= 4 is 11.9 Å². The van der Waals surface area contributed by atoms with Crippen molar-refractivity contribution in [2.75, 3.05) is 44.8 Å². The van der Waals surface area contributed by atoms with Gasteiger partial charge in [0.2, 0.25) is 5.95 Å². The number of esters is 1. The Balaban J connectivity index is 1.31. The van der Waals surface area contributed by atoms with E-state index < -0.39 is 5.97 Å². The van der Waals surface area contributed by atoms with Crippen molar-refractivity contribution in [1.29, 1.82) is 0 Å². The number of aryl methyl sites for hydroxylation is 2. The van der Waals surface area contributed by atoms with E-state index in [2.05, 4.69) is 39.2 Å². The Morgan fingerprint density at radius 2 is 1.67 bits per heavy atom. The minimum atomic E-state index is -0.420. The van der Waals surface area contributed by atoms with Gasteiger partial charge in [-0.05, 0) is 57.2 Å². The zero-order valence-corrected chi connectivity index (χ0v) is 22.8. The number of hydrogen-bond acceptors (Lipinski definition) is 9. The third kappa shape index (κ3) is 5.91. The molecule has 2 aromatic carbocycles. The lowest BCUT2D eigenvalue weighted by molar-refractivity contribution is 0.0525. The molecule has 2 aromatic heterocycles. The monoisotopic (exact) mass is 527 g/mol. The molecule has 0 atom stereocenters. The van der Waals surface area contributed by atoms with Crippen molar-refractivity contribution in [3.05, 3.63) is 77.2 Å². The summed E-state index contributed by atoms with van der Waals surface area (Å²) in [6.45, 7) is 9.86. The van der Waals surface area contributed by atoms with Crippen LogP contribution in [0.2, 0.25) is 0 Å². The molecule has 10 heteroatoms. The first-order chi connectivity index (χ1) is 18.9. The second-order valence-electron chi connectivity index (χ2n) is 9.53. The summed E-state index contributed by atoms with van der Waals surface area (Å²) in [6, 6.07) is 15.7. The summed E-state index contributed by atoms with van der Waals surface area (Å²) in [5.41, 5.74) is 5.49. The average Bonchev–Trinajstić information content (AvgIpc) is 3.42. The molecule has 0 spiro atoms. The Hall–Kier alpha value is -4.31. The summed E-state index contributed by atoms with van der Waals surface area (Å²) >= 11 is 0. The van der Waals surface area contributed by atoms with Crippen LogP contribution in [0.5, 0.6) is 5.75 Å². The summed E-state index contributed by atoms with van der Waals surface area (Å²) in [6.07, 6.45) is 1.98. The Kier molecular flexibility index (Phi) is 7.83. The van der Waals surface area contributed by atoms with Crippen molar-refractivity contribution in [2.24, 2.45) is 0 Å². The fourth-order valence-electron chi connectivity index (χ4n) is 4.63. The molecule has 1 saturated heterocycles. The van der Waals surface area contributed by atoms with Gasteiger partial charge in [-0.3, -0.25) is 4.90 Å². The van der Waals surface area contributed by atoms with Crippen LogP contribution >= 0.6 is 0 Å². The van der Waals surface area contributed by atoms with E-state index in [1.54, 1.807) is 14.0 Å². The molecule has 4 aromatic rings. The van der Waals surface area contributed by atoms with Crippen LogP contribution < -0.4 is 9.64 Å². The van der Waals surface area contributed by atoms with Crippen molar-refractivity contribution in [3.8, 4) is 22.7 Å². The van der Waals surface area contributed by atoms with Crippen molar-refractivity contribution in [3.63, 3.8) is 0 Å². The van der Waals surface area contributed by atoms with E-state index in [1.807, 2.05) is 54.2 Å². The molecule has 0 radical (unpaired) electrons. The Morgan fingerprint density at radius 1 is 0.949 bits per heavy atom. The number of nitrogens with zero attached hydrogens (tertiary/aromatic N) is 7. The van der Waals surface area contributed by atoms with Gasteiger partial charge in [-0.2, -0.15) is 0 Å². The van der Waals surface area contributed by atoms with Gasteiger partial charge < -0.3 is 14.4 Å². The summed E-state index contributed by atoms with van der Waals surface area (Å²) in [5, 5.41) is 8.68. The quantitative estimate of drug-likeness (QED) is 0.317. The number of anilines is 1. The van der Waals surface area contributed by atoms with Gasteiger partial charge in [0.15, 0.2) is 0 Å². The lowest BCUT2D eigenvalue weighted by Crippen LogP contribution is -2.46. The standard InChI is InChI=1S/C29H33N7O3/c1-5-39-28(37)26-21(3)30-29(31-27(26)22-8-12-25(38-4)13-9-22)35-16-14-34(15-17-35)18-23-19-36(33-32-23)24-10-6-20(2)7-11-24/h6-13,19H,5,14-18H2,1-4H3. The maximum absolute atomic E-state index is 12.8. The lowest BCUT2D eigenvalue weighted by atomic mass is 10.0. The Bertz CT molecular complexity index is 1430. The molecule has 0 bridgehead atoms. The zero-order valence-electron chi connectivity index (χ0n) is 22.8. The van der Waals surface area contributed by atoms with Crippen LogP contribution in [-0.2, 0) is 11.3 Å². The number of piperazine rings is 1. The highest BCUT2D eigenvalue weighted by Gasteiger charge is 2.25. The third-order valence-corrected chi connectivity index (χ3v) is 6.80. The molecule has 3 heterocycles. The molecule has 39 heavy (non-hydrogen) atoms. The molecule has 0 amide bonds. The van der Waals surface area contributed by atoms with E-state index in [0.29, 0.717) is 22.9 Å². The van der Waals surface area contributed by atoms with Gasteiger partial charge in [0.25, 0.3) is 0 Å². The summed E-state index contributed by atoms with van der Waals surface area (Å²) in [4.78, 5) is 26.9. The van der Waals surface area contributed by atoms with E-state index in [-0.39, 0.29) is 6.61 Å². The van der Waals surface area contributed by atoms with Crippen LogP contribution in [0.4, 0.5) is 5.95 Å². The largest absolute Gasteiger partial charge is 0.497 e. The van der Waals surface area contributed by atoms with Gasteiger partial charge in [-0.25, -0.2) is 19.4 Å². The SMILES string of the molecule is CCOC(=O)c1c(C)nc(N2CCN(Cc3cn(-c4ccc(C)cc4)nn3)CC2)nc1-c1ccc(OC)cc1. The fraction of sp³-hybridized carbons (Fsp3) is 0.345. The number of hydrogen-bond donors (Lipinski definition) is 0. The minimum Gasteiger partial charge on any atom is -0.497 e. The first-order valence-corrected chi connectivity index (χ1v) is 13.1. The van der Waals surface area contributed by atoms with Gasteiger partial charge in [0, 0.05) is 38.3 Å². The second kappa shape index (κ2) is 11.6. The van der Waals surface area contributed by atoms with Crippen molar-refractivity contribution in [2.45, 2.75) is 27.3 Å². The van der Waals surface area contributed by atoms with Gasteiger partial charge in [-0.1, -0.05) is 22.9 Å². The normalized spacial score (nSPS) is 13.9. The maximum atomic E-state index is 12.8. The molecular weight excluding hydrogens is 494 g/mol. The van der Waals surface area contributed by atoms with Crippen molar-refractivity contribution < 1.29 is 14.3 Å². The number of ether oxygens (including phenoxy) is 2. The number of methoxy groups -OCH3 is 1. The second-order valence-corrected chi connectivity index (χ2v) is 9.53. The molecular formula is C29H33N7O3. The van der Waals surface area contributed by atoms with Gasteiger partial charge in [0.05, 0.1) is 42.7 Å². The number of aromatic nitrogens is 5. The van der Waals surface area contributed by atoms with Crippen LogP contribution in [0.1, 0.15) is 34.2 Å². The molecule has 0 aliphatic carbocycles. The molecule has 0 saturated carbocycles.